The number of para-hydroxylation sites is 1. The average Bonchev–Trinajstić information content (AvgIpc) is 3.07. The van der Waals surface area contributed by atoms with Crippen LogP contribution in [0.25, 0.3) is 0 Å². The first-order chi connectivity index (χ1) is 21.6. The van der Waals surface area contributed by atoms with Crippen LogP contribution in [0.1, 0.15) is 47.9 Å². The van der Waals surface area contributed by atoms with Gasteiger partial charge in [-0.05, 0) is 74.5 Å². The fourth-order valence-corrected chi connectivity index (χ4v) is 4.96. The number of carbonyl (C=O) groups is 4. The van der Waals surface area contributed by atoms with Gasteiger partial charge in [-0.2, -0.15) is 0 Å². The highest BCUT2D eigenvalue weighted by Gasteiger charge is 2.36. The molecule has 0 atom stereocenters. The lowest BCUT2D eigenvalue weighted by atomic mass is 9.90. The van der Waals surface area contributed by atoms with Gasteiger partial charge in [-0.25, -0.2) is 9.59 Å². The maximum Gasteiger partial charge on any atom is 0.331 e. The number of hydrogen-bond donors (Lipinski definition) is 0. The Balaban J connectivity index is 1.59. The van der Waals surface area contributed by atoms with E-state index in [1.807, 2.05) is 73.3 Å². The third-order valence-electron chi connectivity index (χ3n) is 7.44. The average molecular weight is 612 g/mol. The van der Waals surface area contributed by atoms with Crippen molar-refractivity contribution in [1.29, 1.82) is 0 Å². The number of hydrogen-bond acceptors (Lipinski definition) is 10. The Morgan fingerprint density at radius 1 is 0.889 bits per heavy atom. The lowest BCUT2D eigenvalue weighted by Gasteiger charge is -2.39. The Labute approximate surface area is 262 Å². The molecule has 10 heteroatoms. The largest absolute Gasteiger partial charge is 0.462 e. The van der Waals surface area contributed by atoms with Crippen LogP contribution in [0.5, 0.6) is 0 Å². The number of ketones is 2. The predicted molar refractivity (Wildman–Crippen MR) is 171 cm³/mol. The molecule has 0 bridgehead atoms. The number of oxime groups is 1. The molecule has 1 aliphatic rings. The third-order valence-corrected chi connectivity index (χ3v) is 7.44. The number of Topliss-reactive ketones (excluding diaryl/α,β-unsaturated/α-hetero) is 2. The molecule has 0 N–H and O–H groups in total. The fourth-order valence-electron chi connectivity index (χ4n) is 4.96. The predicted octanol–water partition coefficient (Wildman–Crippen LogP) is 5.67. The number of anilines is 3. The lowest BCUT2D eigenvalue weighted by Crippen LogP contribution is -2.54. The van der Waals surface area contributed by atoms with Crippen LogP contribution in [0.2, 0.25) is 0 Å². The third kappa shape index (κ3) is 8.37. The minimum atomic E-state index is -0.686. The SMILES string of the molecule is C=CC(=O)OCC/C(=N\OC(C)=O)C(=O)c1ccc(N(c2ccccc2)c2ccc(C(=O)C(C)(C)N3CCOCC3)cc2)cc1. The van der Waals surface area contributed by atoms with E-state index < -0.39 is 23.3 Å². The number of ether oxygens (including phenoxy) is 2. The summed E-state index contributed by atoms with van der Waals surface area (Å²) in [6.45, 7) is 10.9. The number of carbonyl (C=O) groups excluding carboxylic acids is 4. The van der Waals surface area contributed by atoms with Crippen molar-refractivity contribution in [1.82, 2.24) is 4.90 Å². The molecule has 3 aromatic carbocycles. The van der Waals surface area contributed by atoms with Crippen molar-refractivity contribution in [3.05, 3.63) is 103 Å². The Morgan fingerprint density at radius 3 is 2.00 bits per heavy atom. The molecule has 234 valence electrons. The minimum Gasteiger partial charge on any atom is -0.462 e. The second-order valence-corrected chi connectivity index (χ2v) is 10.8. The standard InChI is InChI=1S/C35H37N3O7/c1-5-32(40)44-22-19-31(36-45-25(2)39)33(41)26-11-15-29(16-12-26)38(28-9-7-6-8-10-28)30-17-13-27(14-18-30)34(42)35(3,4)37-20-23-43-24-21-37/h5-18H,1,19-24H2,2-4H3/b36-31+. The van der Waals surface area contributed by atoms with E-state index in [-0.39, 0.29) is 24.5 Å². The van der Waals surface area contributed by atoms with E-state index in [4.69, 9.17) is 14.3 Å². The van der Waals surface area contributed by atoms with E-state index in [0.717, 1.165) is 23.1 Å². The molecule has 3 aromatic rings. The zero-order chi connectivity index (χ0) is 32.4. The molecule has 1 aliphatic heterocycles. The highest BCUT2D eigenvalue weighted by atomic mass is 16.7. The highest BCUT2D eigenvalue weighted by molar-refractivity contribution is 6.46. The Bertz CT molecular complexity index is 1540. The molecular formula is C35H37N3O7. The van der Waals surface area contributed by atoms with Gasteiger partial charge in [0, 0.05) is 60.7 Å². The van der Waals surface area contributed by atoms with Crippen LogP contribution < -0.4 is 4.90 Å². The number of morpholine rings is 1. The Kier molecular flexibility index (Phi) is 11.1. The van der Waals surface area contributed by atoms with Crippen LogP contribution in [0.3, 0.4) is 0 Å². The van der Waals surface area contributed by atoms with E-state index >= 15 is 0 Å². The number of rotatable bonds is 13. The van der Waals surface area contributed by atoms with Gasteiger partial charge < -0.3 is 19.2 Å². The van der Waals surface area contributed by atoms with Gasteiger partial charge in [0.2, 0.25) is 5.78 Å². The fraction of sp³-hybridized carbons (Fsp3) is 0.286. The molecule has 0 amide bonds. The van der Waals surface area contributed by atoms with E-state index in [1.165, 1.54) is 6.92 Å². The number of benzene rings is 3. The van der Waals surface area contributed by atoms with Gasteiger partial charge in [0.05, 0.1) is 25.4 Å². The Morgan fingerprint density at radius 2 is 1.44 bits per heavy atom. The summed E-state index contributed by atoms with van der Waals surface area (Å²) in [5, 5.41) is 3.70. The summed E-state index contributed by atoms with van der Waals surface area (Å²) in [7, 11) is 0. The molecule has 1 fully saturated rings. The van der Waals surface area contributed by atoms with Crippen LogP contribution in [-0.4, -0.2) is 72.6 Å². The van der Waals surface area contributed by atoms with Crippen LogP contribution in [0.4, 0.5) is 17.1 Å². The Hall–Kier alpha value is -4.93. The molecule has 0 spiro atoms. The zero-order valence-electron chi connectivity index (χ0n) is 25.7. The first-order valence-corrected chi connectivity index (χ1v) is 14.6. The van der Waals surface area contributed by atoms with Crippen molar-refractivity contribution in [2.45, 2.75) is 32.7 Å². The van der Waals surface area contributed by atoms with E-state index in [1.54, 1.807) is 24.3 Å². The molecule has 0 aliphatic carbocycles. The molecule has 0 radical (unpaired) electrons. The van der Waals surface area contributed by atoms with Gasteiger partial charge in [0.25, 0.3) is 0 Å². The minimum absolute atomic E-state index is 0.0376. The van der Waals surface area contributed by atoms with E-state index in [2.05, 4.69) is 16.6 Å². The first kappa shape index (κ1) is 33.0. The lowest BCUT2D eigenvalue weighted by molar-refractivity contribution is -0.141. The van der Waals surface area contributed by atoms with Crippen molar-refractivity contribution < 1.29 is 33.5 Å². The number of nitrogens with zero attached hydrogens (tertiary/aromatic N) is 3. The van der Waals surface area contributed by atoms with Gasteiger partial charge in [-0.15, -0.1) is 0 Å². The maximum absolute atomic E-state index is 13.5. The van der Waals surface area contributed by atoms with Crippen LogP contribution >= 0.6 is 0 Å². The van der Waals surface area contributed by atoms with Crippen molar-refractivity contribution in [3.8, 4) is 0 Å². The summed E-state index contributed by atoms with van der Waals surface area (Å²) in [5.41, 5.74) is 2.64. The van der Waals surface area contributed by atoms with Gasteiger partial charge in [0.1, 0.15) is 5.71 Å². The molecular weight excluding hydrogens is 574 g/mol. The zero-order valence-corrected chi connectivity index (χ0v) is 25.7. The van der Waals surface area contributed by atoms with Gasteiger partial charge in [-0.3, -0.25) is 14.5 Å². The van der Waals surface area contributed by atoms with Gasteiger partial charge >= 0.3 is 11.9 Å². The normalized spacial score (nSPS) is 13.9. The maximum atomic E-state index is 13.5. The van der Waals surface area contributed by atoms with Crippen molar-refractivity contribution in [2.24, 2.45) is 5.16 Å². The van der Waals surface area contributed by atoms with Gasteiger partial charge in [0.15, 0.2) is 5.78 Å². The summed E-state index contributed by atoms with van der Waals surface area (Å²) in [6, 6.07) is 24.1. The molecule has 1 saturated heterocycles. The van der Waals surface area contributed by atoms with Crippen LogP contribution in [0, 0.1) is 0 Å². The second-order valence-electron chi connectivity index (χ2n) is 10.8. The topological polar surface area (TPSA) is 115 Å². The van der Waals surface area contributed by atoms with Crippen LogP contribution in [0.15, 0.2) is 96.7 Å². The summed E-state index contributed by atoms with van der Waals surface area (Å²) < 4.78 is 10.4. The van der Waals surface area contributed by atoms with E-state index in [0.29, 0.717) is 37.4 Å². The molecule has 0 saturated carbocycles. The molecule has 1 heterocycles. The summed E-state index contributed by atoms with van der Waals surface area (Å²) >= 11 is 0. The van der Waals surface area contributed by atoms with Crippen molar-refractivity contribution in [2.75, 3.05) is 37.8 Å². The first-order valence-electron chi connectivity index (χ1n) is 14.6. The summed E-state index contributed by atoms with van der Waals surface area (Å²) in [4.78, 5) is 58.5. The quantitative estimate of drug-likeness (QED) is 0.0602. The summed E-state index contributed by atoms with van der Waals surface area (Å²) in [5.74, 6) is -1.77. The van der Waals surface area contributed by atoms with Crippen molar-refractivity contribution >= 4 is 46.3 Å². The molecule has 10 nitrogen and oxygen atoms in total. The molecule has 45 heavy (non-hydrogen) atoms. The van der Waals surface area contributed by atoms with E-state index in [9.17, 15) is 19.2 Å². The summed E-state index contributed by atoms with van der Waals surface area (Å²) in [6.07, 6.45) is 0.955. The monoisotopic (exact) mass is 611 g/mol. The molecule has 0 aromatic heterocycles. The van der Waals surface area contributed by atoms with Crippen molar-refractivity contribution in [3.63, 3.8) is 0 Å². The number of esters is 1. The molecule has 0 unspecified atom stereocenters. The second kappa shape index (κ2) is 15.2. The smallest absolute Gasteiger partial charge is 0.331 e. The molecule has 4 rings (SSSR count). The van der Waals surface area contributed by atoms with Crippen LogP contribution in [-0.2, 0) is 23.9 Å². The highest BCUT2D eigenvalue weighted by Crippen LogP contribution is 2.35. The van der Waals surface area contributed by atoms with Gasteiger partial charge in [-0.1, -0.05) is 29.9 Å².